The molecule has 0 atom stereocenters. The Bertz CT molecular complexity index is 844. The highest BCUT2D eigenvalue weighted by atomic mass is 16.5. The number of hydrogen-bond acceptors (Lipinski definition) is 5. The Labute approximate surface area is 145 Å². The van der Waals surface area contributed by atoms with Crippen molar-refractivity contribution in [2.45, 2.75) is 6.42 Å². The van der Waals surface area contributed by atoms with Gasteiger partial charge >= 0.3 is 0 Å². The summed E-state index contributed by atoms with van der Waals surface area (Å²) < 4.78 is 10.2. The summed E-state index contributed by atoms with van der Waals surface area (Å²) in [5.41, 5.74) is 3.10. The first-order valence-corrected chi connectivity index (χ1v) is 7.78. The van der Waals surface area contributed by atoms with Crippen molar-refractivity contribution < 1.29 is 24.5 Å². The van der Waals surface area contributed by atoms with E-state index >= 15 is 0 Å². The molecule has 2 aromatic rings. The summed E-state index contributed by atoms with van der Waals surface area (Å²) in [5.74, 6) is 0.807. The summed E-state index contributed by atoms with van der Waals surface area (Å²) in [6, 6.07) is 8.38. The molecule has 0 bridgehead atoms. The Morgan fingerprint density at radius 3 is 2.40 bits per heavy atom. The van der Waals surface area contributed by atoms with Crippen LogP contribution in [0.3, 0.4) is 0 Å². The summed E-state index contributed by atoms with van der Waals surface area (Å²) in [4.78, 5) is 13.1. The SMILES string of the molecule is COc1ccc(/C=C2/c3cc(O)c(OC)cc3CCN2C=O)cc1O. The third-order valence-electron chi connectivity index (χ3n) is 4.25. The van der Waals surface area contributed by atoms with Gasteiger partial charge in [-0.15, -0.1) is 0 Å². The molecule has 1 amide bonds. The van der Waals surface area contributed by atoms with Gasteiger partial charge in [0.1, 0.15) is 0 Å². The van der Waals surface area contributed by atoms with Crippen LogP contribution in [0.15, 0.2) is 30.3 Å². The van der Waals surface area contributed by atoms with Crippen molar-refractivity contribution in [1.82, 2.24) is 4.90 Å². The maximum absolute atomic E-state index is 11.5. The first-order chi connectivity index (χ1) is 12.1. The van der Waals surface area contributed by atoms with Crippen LogP contribution in [0.25, 0.3) is 11.8 Å². The van der Waals surface area contributed by atoms with E-state index in [1.54, 1.807) is 41.3 Å². The number of carbonyl (C=O) groups is 1. The van der Waals surface area contributed by atoms with Crippen LogP contribution in [0, 0.1) is 0 Å². The molecule has 0 aliphatic carbocycles. The molecule has 6 heteroatoms. The van der Waals surface area contributed by atoms with Crippen LogP contribution < -0.4 is 9.47 Å². The predicted molar refractivity (Wildman–Crippen MR) is 93.7 cm³/mol. The summed E-state index contributed by atoms with van der Waals surface area (Å²) in [6.07, 6.45) is 3.22. The highest BCUT2D eigenvalue weighted by Gasteiger charge is 2.23. The Kier molecular flexibility index (Phi) is 4.52. The van der Waals surface area contributed by atoms with Gasteiger partial charge in [-0.25, -0.2) is 0 Å². The van der Waals surface area contributed by atoms with Crippen molar-refractivity contribution in [2.75, 3.05) is 20.8 Å². The van der Waals surface area contributed by atoms with E-state index in [-0.39, 0.29) is 11.5 Å². The largest absolute Gasteiger partial charge is 0.504 e. The second-order valence-electron chi connectivity index (χ2n) is 5.69. The second-order valence-corrected chi connectivity index (χ2v) is 5.69. The Morgan fingerprint density at radius 1 is 1.04 bits per heavy atom. The van der Waals surface area contributed by atoms with E-state index in [0.717, 1.165) is 17.5 Å². The number of aromatic hydroxyl groups is 2. The van der Waals surface area contributed by atoms with E-state index in [2.05, 4.69) is 0 Å². The average Bonchev–Trinajstić information content (AvgIpc) is 2.62. The van der Waals surface area contributed by atoms with Gasteiger partial charge in [-0.05, 0) is 47.9 Å². The predicted octanol–water partition coefficient (Wildman–Crippen LogP) is 2.63. The maximum atomic E-state index is 11.5. The molecule has 1 aliphatic heterocycles. The number of fused-ring (bicyclic) bond motifs is 1. The zero-order chi connectivity index (χ0) is 18.0. The number of ether oxygens (including phenoxy) is 2. The van der Waals surface area contributed by atoms with Gasteiger partial charge < -0.3 is 24.6 Å². The molecule has 0 fully saturated rings. The fourth-order valence-electron chi connectivity index (χ4n) is 2.96. The van der Waals surface area contributed by atoms with Crippen LogP contribution in [-0.4, -0.2) is 42.3 Å². The maximum Gasteiger partial charge on any atom is 0.214 e. The van der Waals surface area contributed by atoms with E-state index in [1.165, 1.54) is 14.2 Å². The van der Waals surface area contributed by atoms with Crippen LogP contribution in [0.1, 0.15) is 16.7 Å². The standard InChI is InChI=1S/C19H19NO5/c1-24-18-4-3-12(8-16(18)22)7-15-14-10-17(23)19(25-2)9-13(14)5-6-20(15)11-21/h3-4,7-11,22-23H,5-6H2,1-2H3/b15-7-. The molecule has 25 heavy (non-hydrogen) atoms. The molecule has 2 N–H and O–H groups in total. The minimum absolute atomic E-state index is 0.0116. The van der Waals surface area contributed by atoms with Crippen LogP contribution in [0.4, 0.5) is 0 Å². The average molecular weight is 341 g/mol. The third kappa shape index (κ3) is 3.10. The smallest absolute Gasteiger partial charge is 0.214 e. The Balaban J connectivity index is 2.11. The molecule has 2 aromatic carbocycles. The molecule has 1 heterocycles. The van der Waals surface area contributed by atoms with Crippen molar-refractivity contribution >= 4 is 18.2 Å². The van der Waals surface area contributed by atoms with Gasteiger partial charge in [0, 0.05) is 12.1 Å². The number of benzene rings is 2. The molecule has 0 aromatic heterocycles. The summed E-state index contributed by atoms with van der Waals surface area (Å²) in [6.45, 7) is 0.526. The van der Waals surface area contributed by atoms with Crippen molar-refractivity contribution in [3.8, 4) is 23.0 Å². The summed E-state index contributed by atoms with van der Waals surface area (Å²) >= 11 is 0. The number of carbonyl (C=O) groups excluding carboxylic acids is 1. The van der Waals surface area contributed by atoms with Gasteiger partial charge in [0.15, 0.2) is 23.0 Å². The monoisotopic (exact) mass is 341 g/mol. The molecule has 0 saturated carbocycles. The highest BCUT2D eigenvalue weighted by Crippen LogP contribution is 2.38. The minimum atomic E-state index is 0.0116. The van der Waals surface area contributed by atoms with Crippen LogP contribution in [0.5, 0.6) is 23.0 Å². The van der Waals surface area contributed by atoms with E-state index in [4.69, 9.17) is 9.47 Å². The van der Waals surface area contributed by atoms with Gasteiger partial charge in [0.05, 0.1) is 19.9 Å². The number of phenols is 2. The number of rotatable bonds is 4. The molecule has 0 unspecified atom stereocenters. The number of amides is 1. The third-order valence-corrected chi connectivity index (χ3v) is 4.25. The molecule has 3 rings (SSSR count). The molecular weight excluding hydrogens is 322 g/mol. The quantitative estimate of drug-likeness (QED) is 0.836. The first kappa shape index (κ1) is 16.7. The lowest BCUT2D eigenvalue weighted by Gasteiger charge is -2.29. The van der Waals surface area contributed by atoms with Gasteiger partial charge in [-0.1, -0.05) is 6.07 Å². The fourth-order valence-corrected chi connectivity index (χ4v) is 2.96. The minimum Gasteiger partial charge on any atom is -0.504 e. The van der Waals surface area contributed by atoms with Crippen molar-refractivity contribution in [1.29, 1.82) is 0 Å². The summed E-state index contributed by atoms with van der Waals surface area (Å²) in [7, 11) is 2.98. The topological polar surface area (TPSA) is 79.2 Å². The number of phenolic OH excluding ortho intramolecular Hbond substituents is 2. The van der Waals surface area contributed by atoms with Gasteiger partial charge in [-0.2, -0.15) is 0 Å². The fraction of sp³-hybridized carbons (Fsp3) is 0.211. The molecule has 130 valence electrons. The second kappa shape index (κ2) is 6.76. The molecule has 0 radical (unpaired) electrons. The molecule has 6 nitrogen and oxygen atoms in total. The number of nitrogens with zero attached hydrogens (tertiary/aromatic N) is 1. The molecule has 0 spiro atoms. The Morgan fingerprint density at radius 2 is 1.76 bits per heavy atom. The number of methoxy groups -OCH3 is 2. The zero-order valence-electron chi connectivity index (χ0n) is 14.0. The summed E-state index contributed by atoms with van der Waals surface area (Å²) in [5, 5.41) is 20.1. The van der Waals surface area contributed by atoms with Gasteiger partial charge in [-0.3, -0.25) is 4.79 Å². The van der Waals surface area contributed by atoms with Crippen LogP contribution >= 0.6 is 0 Å². The van der Waals surface area contributed by atoms with Crippen molar-refractivity contribution in [2.24, 2.45) is 0 Å². The lowest BCUT2D eigenvalue weighted by molar-refractivity contribution is -0.115. The lowest BCUT2D eigenvalue weighted by Crippen LogP contribution is -2.28. The van der Waals surface area contributed by atoms with Gasteiger partial charge in [0.2, 0.25) is 6.41 Å². The lowest BCUT2D eigenvalue weighted by atomic mass is 9.94. The highest BCUT2D eigenvalue weighted by molar-refractivity contribution is 5.88. The van der Waals surface area contributed by atoms with E-state index in [9.17, 15) is 15.0 Å². The van der Waals surface area contributed by atoms with Crippen LogP contribution in [0.2, 0.25) is 0 Å². The van der Waals surface area contributed by atoms with Crippen LogP contribution in [-0.2, 0) is 11.2 Å². The normalized spacial score (nSPS) is 15.0. The van der Waals surface area contributed by atoms with E-state index < -0.39 is 0 Å². The zero-order valence-corrected chi connectivity index (χ0v) is 14.0. The molecule has 0 saturated heterocycles. The van der Waals surface area contributed by atoms with Crippen molar-refractivity contribution in [3.05, 3.63) is 47.0 Å². The molecular formula is C19H19NO5. The Hall–Kier alpha value is -3.15. The number of hydrogen-bond donors (Lipinski definition) is 2. The van der Waals surface area contributed by atoms with Gasteiger partial charge in [0.25, 0.3) is 0 Å². The van der Waals surface area contributed by atoms with Crippen molar-refractivity contribution in [3.63, 3.8) is 0 Å². The molecule has 1 aliphatic rings. The van der Waals surface area contributed by atoms with E-state index in [0.29, 0.717) is 35.7 Å². The van der Waals surface area contributed by atoms with E-state index in [1.807, 2.05) is 0 Å². The first-order valence-electron chi connectivity index (χ1n) is 7.78.